The second kappa shape index (κ2) is 5.55. The normalized spacial score (nSPS) is 11.1. The van der Waals surface area contributed by atoms with Crippen LogP contribution in [0, 0.1) is 10.1 Å². The van der Waals surface area contributed by atoms with Crippen LogP contribution in [0.5, 0.6) is 0 Å². The quantitative estimate of drug-likeness (QED) is 0.634. The number of carbonyl (C=O) groups excluding carboxylic acids is 1. The van der Waals surface area contributed by atoms with E-state index in [0.29, 0.717) is 6.07 Å². The van der Waals surface area contributed by atoms with Gasteiger partial charge in [0.05, 0.1) is 4.92 Å². The number of nitro benzene ring substituents is 1. The van der Waals surface area contributed by atoms with Crippen molar-refractivity contribution in [3.05, 3.63) is 33.9 Å². The van der Waals surface area contributed by atoms with Gasteiger partial charge in [-0.1, -0.05) is 0 Å². The van der Waals surface area contributed by atoms with Crippen molar-refractivity contribution in [1.29, 1.82) is 0 Å². The molecule has 104 valence electrons. The molecule has 0 aromatic heterocycles. The van der Waals surface area contributed by atoms with Gasteiger partial charge in [0.2, 0.25) is 5.91 Å². The van der Waals surface area contributed by atoms with Crippen molar-refractivity contribution in [3.8, 4) is 0 Å². The van der Waals surface area contributed by atoms with Gasteiger partial charge in [-0.25, -0.2) is 0 Å². The first-order valence-electron chi connectivity index (χ1n) is 5.09. The molecule has 0 bridgehead atoms. The first-order chi connectivity index (χ1) is 8.71. The van der Waals surface area contributed by atoms with Crippen molar-refractivity contribution in [1.82, 2.24) is 0 Å². The first kappa shape index (κ1) is 14.7. The van der Waals surface area contributed by atoms with Crippen LogP contribution in [0.15, 0.2) is 18.2 Å². The molecule has 1 rings (SSSR count). The van der Waals surface area contributed by atoms with E-state index in [9.17, 15) is 28.1 Å². The maximum Gasteiger partial charge on any atom is 0.423 e. The fraction of sp³-hybridized carbons (Fsp3) is 0.300. The number of nitro groups is 1. The molecule has 19 heavy (non-hydrogen) atoms. The molecule has 1 aromatic rings. The van der Waals surface area contributed by atoms with Crippen LogP contribution in [0.25, 0.3) is 0 Å². The molecule has 0 atom stereocenters. The fourth-order valence-electron chi connectivity index (χ4n) is 1.36. The van der Waals surface area contributed by atoms with Crippen LogP contribution in [0.3, 0.4) is 0 Å². The van der Waals surface area contributed by atoms with Gasteiger partial charge in [-0.15, -0.1) is 0 Å². The molecular formula is C10H10F3N3O3. The maximum atomic E-state index is 12.6. The van der Waals surface area contributed by atoms with Gasteiger partial charge in [0.15, 0.2) is 0 Å². The van der Waals surface area contributed by atoms with Crippen molar-refractivity contribution in [3.63, 3.8) is 0 Å². The number of halogens is 3. The average molecular weight is 277 g/mol. The number of benzene rings is 1. The Labute approximate surface area is 105 Å². The predicted molar refractivity (Wildman–Crippen MR) is 60.4 cm³/mol. The molecule has 0 saturated heterocycles. The summed E-state index contributed by atoms with van der Waals surface area (Å²) in [6, 6.07) is 2.52. The van der Waals surface area contributed by atoms with E-state index in [1.807, 2.05) is 0 Å². The Balaban J connectivity index is 2.99. The highest BCUT2D eigenvalue weighted by Gasteiger charge is 2.38. The smallest absolute Gasteiger partial charge is 0.385 e. The second-order valence-corrected chi connectivity index (χ2v) is 3.63. The Hall–Kier alpha value is -2.32. The number of carbonyl (C=O) groups is 1. The van der Waals surface area contributed by atoms with E-state index in [4.69, 9.17) is 5.73 Å². The van der Waals surface area contributed by atoms with Crippen molar-refractivity contribution in [2.45, 2.75) is 12.6 Å². The Kier molecular flexibility index (Phi) is 4.30. The number of anilines is 1. The summed E-state index contributed by atoms with van der Waals surface area (Å²) in [6.45, 7) is 0.0461. The third kappa shape index (κ3) is 4.12. The number of amides is 1. The summed E-state index contributed by atoms with van der Waals surface area (Å²) >= 11 is 0. The summed E-state index contributed by atoms with van der Waals surface area (Å²) in [5.41, 5.74) is 2.53. The summed E-state index contributed by atoms with van der Waals surface area (Å²) in [5.74, 6) is -0.606. The minimum Gasteiger partial charge on any atom is -0.385 e. The predicted octanol–water partition coefficient (Wildman–Crippen LogP) is 1.90. The zero-order chi connectivity index (χ0) is 14.6. The number of nitrogens with one attached hydrogen (secondary N) is 1. The number of nitrogens with zero attached hydrogens (tertiary/aromatic N) is 1. The molecule has 0 saturated carbocycles. The van der Waals surface area contributed by atoms with Crippen molar-refractivity contribution in [2.24, 2.45) is 5.73 Å². The lowest BCUT2D eigenvalue weighted by molar-refractivity contribution is -0.388. The molecule has 3 N–H and O–H groups in total. The first-order valence-corrected chi connectivity index (χ1v) is 5.09. The molecule has 6 nitrogen and oxygen atoms in total. The van der Waals surface area contributed by atoms with Gasteiger partial charge >= 0.3 is 6.18 Å². The highest BCUT2D eigenvalue weighted by atomic mass is 19.4. The van der Waals surface area contributed by atoms with Gasteiger partial charge in [0.1, 0.15) is 5.56 Å². The van der Waals surface area contributed by atoms with Gasteiger partial charge in [-0.05, 0) is 12.1 Å². The molecular weight excluding hydrogens is 267 g/mol. The lowest BCUT2D eigenvalue weighted by Gasteiger charge is -2.10. The standard InChI is InChI=1S/C10H10F3N3O3/c11-10(12,13)7-5-6(15-4-3-9(14)17)1-2-8(7)16(18)19/h1-2,5,15H,3-4H2,(H2,14,17). The average Bonchev–Trinajstić information content (AvgIpc) is 2.27. The van der Waals surface area contributed by atoms with Gasteiger partial charge in [-0.2, -0.15) is 13.2 Å². The number of rotatable bonds is 5. The largest absolute Gasteiger partial charge is 0.423 e. The number of hydrogen-bond donors (Lipinski definition) is 2. The summed E-state index contributed by atoms with van der Waals surface area (Å²) in [5, 5.41) is 13.0. The van der Waals surface area contributed by atoms with Crippen LogP contribution >= 0.6 is 0 Å². The topological polar surface area (TPSA) is 98.3 Å². The number of primary amides is 1. The van der Waals surface area contributed by atoms with Gasteiger partial charge in [0.25, 0.3) is 5.69 Å². The minimum absolute atomic E-state index is 0.0270. The highest BCUT2D eigenvalue weighted by molar-refractivity contribution is 5.74. The molecule has 0 aliphatic heterocycles. The second-order valence-electron chi connectivity index (χ2n) is 3.63. The summed E-state index contributed by atoms with van der Waals surface area (Å²) in [7, 11) is 0. The lowest BCUT2D eigenvalue weighted by Crippen LogP contribution is -2.16. The number of nitrogens with two attached hydrogens (primary N) is 1. The Morgan fingerprint density at radius 1 is 1.42 bits per heavy atom. The van der Waals surface area contributed by atoms with Crippen LogP contribution in [0.1, 0.15) is 12.0 Å². The number of alkyl halides is 3. The molecule has 1 aromatic carbocycles. The Morgan fingerprint density at radius 3 is 2.53 bits per heavy atom. The highest BCUT2D eigenvalue weighted by Crippen LogP contribution is 2.37. The van der Waals surface area contributed by atoms with Gasteiger partial charge < -0.3 is 11.1 Å². The molecule has 0 spiro atoms. The molecule has 0 unspecified atom stereocenters. The van der Waals surface area contributed by atoms with E-state index < -0.39 is 28.3 Å². The summed E-state index contributed by atoms with van der Waals surface area (Å²) in [4.78, 5) is 19.9. The van der Waals surface area contributed by atoms with E-state index in [2.05, 4.69) is 5.32 Å². The fourth-order valence-corrected chi connectivity index (χ4v) is 1.36. The zero-order valence-corrected chi connectivity index (χ0v) is 9.53. The van der Waals surface area contributed by atoms with Gasteiger partial charge in [-0.3, -0.25) is 14.9 Å². The minimum atomic E-state index is -4.83. The van der Waals surface area contributed by atoms with Crippen LogP contribution in [0.2, 0.25) is 0 Å². The Bertz CT molecular complexity index is 503. The lowest BCUT2D eigenvalue weighted by atomic mass is 10.1. The molecule has 0 radical (unpaired) electrons. The molecule has 0 fully saturated rings. The summed E-state index contributed by atoms with van der Waals surface area (Å²) < 4.78 is 37.9. The van der Waals surface area contributed by atoms with Crippen molar-refractivity contribution in [2.75, 3.05) is 11.9 Å². The molecule has 0 aliphatic carbocycles. The van der Waals surface area contributed by atoms with Crippen LogP contribution in [0.4, 0.5) is 24.5 Å². The molecule has 0 heterocycles. The Morgan fingerprint density at radius 2 is 2.05 bits per heavy atom. The van der Waals surface area contributed by atoms with Crippen molar-refractivity contribution < 1.29 is 22.9 Å². The maximum absolute atomic E-state index is 12.6. The van der Waals surface area contributed by atoms with E-state index in [1.54, 1.807) is 0 Å². The molecule has 9 heteroatoms. The van der Waals surface area contributed by atoms with E-state index >= 15 is 0 Å². The van der Waals surface area contributed by atoms with Crippen molar-refractivity contribution >= 4 is 17.3 Å². The van der Waals surface area contributed by atoms with E-state index in [0.717, 1.165) is 12.1 Å². The van der Waals surface area contributed by atoms with E-state index in [-0.39, 0.29) is 18.7 Å². The number of hydrogen-bond acceptors (Lipinski definition) is 4. The third-order valence-electron chi connectivity index (χ3n) is 2.20. The van der Waals surface area contributed by atoms with Crippen LogP contribution in [-0.2, 0) is 11.0 Å². The third-order valence-corrected chi connectivity index (χ3v) is 2.20. The van der Waals surface area contributed by atoms with E-state index in [1.165, 1.54) is 0 Å². The van der Waals surface area contributed by atoms with Crippen LogP contribution < -0.4 is 11.1 Å². The SMILES string of the molecule is NC(=O)CCNc1ccc([N+](=O)[O-])c(C(F)(F)F)c1. The van der Waals surface area contributed by atoms with Crippen LogP contribution in [-0.4, -0.2) is 17.4 Å². The monoisotopic (exact) mass is 277 g/mol. The molecule has 1 amide bonds. The van der Waals surface area contributed by atoms with Gasteiger partial charge in [0, 0.05) is 24.7 Å². The molecule has 0 aliphatic rings. The summed E-state index contributed by atoms with van der Waals surface area (Å²) in [6.07, 6.45) is -4.89. The zero-order valence-electron chi connectivity index (χ0n) is 9.53.